The number of furan rings is 1. The second-order valence-corrected chi connectivity index (χ2v) is 3.87. The normalized spacial score (nSPS) is 13.6. The Balaban J connectivity index is 2.34. The van der Waals surface area contributed by atoms with Crippen molar-refractivity contribution in [2.45, 2.75) is 6.92 Å². The number of carbonyl (C=O) groups is 2. The van der Waals surface area contributed by atoms with E-state index in [1.54, 1.807) is 18.2 Å². The number of aryl methyl sites for hydroxylation is 1. The van der Waals surface area contributed by atoms with Gasteiger partial charge in [0, 0.05) is 11.1 Å². The number of fused-ring (bicyclic) bond motifs is 2. The highest BCUT2D eigenvalue weighted by atomic mass is 16.3. The Morgan fingerprint density at radius 2 is 1.75 bits per heavy atom. The molecule has 0 N–H and O–H groups in total. The molecular formula is C13H8O3. The zero-order chi connectivity index (χ0) is 11.3. The molecule has 1 aliphatic rings. The topological polar surface area (TPSA) is 47.3 Å². The first kappa shape index (κ1) is 9.09. The SMILES string of the molecule is Cc1ccc2c(c1)C(=O)c1occc1C2=O. The summed E-state index contributed by atoms with van der Waals surface area (Å²) in [6.07, 6.45) is 1.37. The monoisotopic (exact) mass is 212 g/mol. The zero-order valence-electron chi connectivity index (χ0n) is 8.61. The molecule has 1 heterocycles. The molecule has 0 radical (unpaired) electrons. The molecule has 1 aromatic carbocycles. The minimum absolute atomic E-state index is 0.140. The van der Waals surface area contributed by atoms with E-state index in [1.807, 2.05) is 13.0 Å². The fourth-order valence-corrected chi connectivity index (χ4v) is 1.98. The summed E-state index contributed by atoms with van der Waals surface area (Å²) in [4.78, 5) is 24.0. The van der Waals surface area contributed by atoms with Gasteiger partial charge in [-0.25, -0.2) is 0 Å². The van der Waals surface area contributed by atoms with Gasteiger partial charge in [0.05, 0.1) is 11.8 Å². The number of ketones is 2. The second-order valence-electron chi connectivity index (χ2n) is 3.87. The molecule has 3 rings (SSSR count). The Morgan fingerprint density at radius 3 is 2.56 bits per heavy atom. The van der Waals surface area contributed by atoms with Crippen molar-refractivity contribution in [3.8, 4) is 0 Å². The highest BCUT2D eigenvalue weighted by Crippen LogP contribution is 2.28. The summed E-state index contributed by atoms with van der Waals surface area (Å²) in [6, 6.07) is 6.79. The summed E-state index contributed by atoms with van der Waals surface area (Å²) in [5, 5.41) is 0. The lowest BCUT2D eigenvalue weighted by atomic mass is 9.88. The van der Waals surface area contributed by atoms with Crippen molar-refractivity contribution in [3.63, 3.8) is 0 Å². The van der Waals surface area contributed by atoms with E-state index in [9.17, 15) is 9.59 Å². The number of rotatable bonds is 0. The molecule has 0 fully saturated rings. The predicted octanol–water partition coefficient (Wildman–Crippen LogP) is 2.36. The van der Waals surface area contributed by atoms with Crippen LogP contribution in [0.3, 0.4) is 0 Å². The number of carbonyl (C=O) groups excluding carboxylic acids is 2. The molecule has 0 atom stereocenters. The van der Waals surface area contributed by atoms with Gasteiger partial charge in [0.2, 0.25) is 5.78 Å². The van der Waals surface area contributed by atoms with Gasteiger partial charge in [-0.3, -0.25) is 9.59 Å². The van der Waals surface area contributed by atoms with Crippen molar-refractivity contribution in [2.24, 2.45) is 0 Å². The quantitative estimate of drug-likeness (QED) is 0.574. The lowest BCUT2D eigenvalue weighted by molar-refractivity contribution is 0.0960. The van der Waals surface area contributed by atoms with Gasteiger partial charge in [0.1, 0.15) is 0 Å². The van der Waals surface area contributed by atoms with Gasteiger partial charge in [0.25, 0.3) is 0 Å². The van der Waals surface area contributed by atoms with Gasteiger partial charge in [-0.05, 0) is 19.1 Å². The molecule has 0 bridgehead atoms. The summed E-state index contributed by atoms with van der Waals surface area (Å²) in [6.45, 7) is 1.88. The average molecular weight is 212 g/mol. The Morgan fingerprint density at radius 1 is 0.938 bits per heavy atom. The summed E-state index contributed by atoms with van der Waals surface area (Å²) >= 11 is 0. The molecule has 0 aliphatic heterocycles. The number of hydrogen-bond donors (Lipinski definition) is 0. The van der Waals surface area contributed by atoms with Crippen LogP contribution in [0, 0.1) is 6.92 Å². The lowest BCUT2D eigenvalue weighted by Gasteiger charge is -2.13. The molecule has 2 aromatic rings. The molecule has 78 valence electrons. The molecule has 1 aromatic heterocycles. The molecule has 0 saturated carbocycles. The van der Waals surface area contributed by atoms with Crippen LogP contribution >= 0.6 is 0 Å². The van der Waals surface area contributed by atoms with Gasteiger partial charge < -0.3 is 4.42 Å². The molecule has 1 aliphatic carbocycles. The van der Waals surface area contributed by atoms with Gasteiger partial charge in [-0.1, -0.05) is 17.7 Å². The third-order valence-electron chi connectivity index (χ3n) is 2.78. The smallest absolute Gasteiger partial charge is 0.229 e. The number of benzene rings is 1. The molecule has 0 unspecified atom stereocenters. The minimum Gasteiger partial charge on any atom is -0.460 e. The molecule has 3 heteroatoms. The Kier molecular flexibility index (Phi) is 1.66. The standard InChI is InChI=1S/C13H8O3/c1-7-2-3-8-10(6-7)12(15)13-9(11(8)14)4-5-16-13/h2-6H,1H3. The van der Waals surface area contributed by atoms with Crippen molar-refractivity contribution in [1.82, 2.24) is 0 Å². The highest BCUT2D eigenvalue weighted by Gasteiger charge is 2.32. The summed E-state index contributed by atoms with van der Waals surface area (Å²) in [5.41, 5.74) is 2.22. The first-order chi connectivity index (χ1) is 7.68. The first-order valence-electron chi connectivity index (χ1n) is 4.96. The highest BCUT2D eigenvalue weighted by molar-refractivity contribution is 6.27. The third kappa shape index (κ3) is 1.03. The maximum absolute atomic E-state index is 12.0. The average Bonchev–Trinajstić information content (AvgIpc) is 2.75. The fourth-order valence-electron chi connectivity index (χ4n) is 1.98. The van der Waals surface area contributed by atoms with E-state index in [2.05, 4.69) is 0 Å². The van der Waals surface area contributed by atoms with E-state index in [4.69, 9.17) is 4.42 Å². The van der Waals surface area contributed by atoms with E-state index in [1.165, 1.54) is 6.26 Å². The summed E-state index contributed by atoms with van der Waals surface area (Å²) < 4.78 is 5.06. The van der Waals surface area contributed by atoms with E-state index < -0.39 is 0 Å². The van der Waals surface area contributed by atoms with Crippen molar-refractivity contribution in [3.05, 3.63) is 58.5 Å². The van der Waals surface area contributed by atoms with Crippen molar-refractivity contribution in [2.75, 3.05) is 0 Å². The van der Waals surface area contributed by atoms with Crippen LogP contribution in [-0.2, 0) is 0 Å². The van der Waals surface area contributed by atoms with Crippen molar-refractivity contribution < 1.29 is 14.0 Å². The van der Waals surface area contributed by atoms with Gasteiger partial charge >= 0.3 is 0 Å². The molecule has 0 amide bonds. The van der Waals surface area contributed by atoms with Gasteiger partial charge in [-0.15, -0.1) is 0 Å². The predicted molar refractivity (Wildman–Crippen MR) is 56.8 cm³/mol. The third-order valence-corrected chi connectivity index (χ3v) is 2.78. The second kappa shape index (κ2) is 2.92. The van der Waals surface area contributed by atoms with Crippen LogP contribution in [0.4, 0.5) is 0 Å². The van der Waals surface area contributed by atoms with Crippen LogP contribution in [0.15, 0.2) is 34.9 Å². The van der Waals surface area contributed by atoms with Crippen LogP contribution in [-0.4, -0.2) is 11.6 Å². The van der Waals surface area contributed by atoms with Crippen LogP contribution in [0.25, 0.3) is 0 Å². The van der Waals surface area contributed by atoms with Crippen LogP contribution < -0.4 is 0 Å². The van der Waals surface area contributed by atoms with E-state index in [-0.39, 0.29) is 17.3 Å². The molecule has 0 spiro atoms. The van der Waals surface area contributed by atoms with Crippen LogP contribution in [0.5, 0.6) is 0 Å². The molecule has 0 saturated heterocycles. The minimum atomic E-state index is -0.210. The summed E-state index contributed by atoms with van der Waals surface area (Å²) in [5.74, 6) is -0.195. The Hall–Kier alpha value is -2.16. The van der Waals surface area contributed by atoms with Crippen molar-refractivity contribution >= 4 is 11.6 Å². The maximum atomic E-state index is 12.0. The number of hydrogen-bond acceptors (Lipinski definition) is 3. The van der Waals surface area contributed by atoms with E-state index >= 15 is 0 Å². The van der Waals surface area contributed by atoms with Crippen molar-refractivity contribution in [1.29, 1.82) is 0 Å². The van der Waals surface area contributed by atoms with E-state index in [0.717, 1.165) is 5.56 Å². The first-order valence-corrected chi connectivity index (χ1v) is 4.96. The van der Waals surface area contributed by atoms with Gasteiger partial charge in [0.15, 0.2) is 11.5 Å². The van der Waals surface area contributed by atoms with E-state index in [0.29, 0.717) is 16.7 Å². The zero-order valence-corrected chi connectivity index (χ0v) is 8.61. The van der Waals surface area contributed by atoms with Gasteiger partial charge in [-0.2, -0.15) is 0 Å². The fraction of sp³-hybridized carbons (Fsp3) is 0.0769. The molecular weight excluding hydrogens is 204 g/mol. The van der Waals surface area contributed by atoms with Crippen LogP contribution in [0.2, 0.25) is 0 Å². The molecule has 3 nitrogen and oxygen atoms in total. The lowest BCUT2D eigenvalue weighted by Crippen LogP contribution is -2.19. The largest absolute Gasteiger partial charge is 0.460 e. The Bertz CT molecular complexity index is 620. The molecule has 16 heavy (non-hydrogen) atoms. The summed E-state index contributed by atoms with van der Waals surface area (Å²) in [7, 11) is 0. The maximum Gasteiger partial charge on any atom is 0.229 e. The Labute approximate surface area is 91.7 Å². The van der Waals surface area contributed by atoms with Crippen LogP contribution in [0.1, 0.15) is 37.6 Å².